The number of benzene rings is 2. The number of carbonyl (C=O) groups is 2. The number of piperazine rings is 1. The highest BCUT2D eigenvalue weighted by Gasteiger charge is 2.21. The first-order valence-electron chi connectivity index (χ1n) is 12.5. The van der Waals surface area contributed by atoms with E-state index in [2.05, 4.69) is 49.1 Å². The number of rotatable bonds is 8. The third-order valence-electron chi connectivity index (χ3n) is 6.02. The first-order chi connectivity index (χ1) is 17.3. The summed E-state index contributed by atoms with van der Waals surface area (Å²) in [6, 6.07) is 15.4. The number of unbranched alkanes of at least 4 members (excludes halogenated alkanes) is 1. The van der Waals surface area contributed by atoms with Gasteiger partial charge >= 0.3 is 6.09 Å². The second kappa shape index (κ2) is 11.7. The molecule has 1 aliphatic rings. The Morgan fingerprint density at radius 3 is 2.50 bits per heavy atom. The summed E-state index contributed by atoms with van der Waals surface area (Å²) in [5, 5.41) is 6.90. The molecule has 2 amide bonds. The molecule has 1 aliphatic heterocycles. The lowest BCUT2D eigenvalue weighted by molar-refractivity contribution is 0.0636. The molecule has 9 heteroatoms. The Labute approximate surface area is 216 Å². The highest BCUT2D eigenvalue weighted by atomic mass is 32.1. The highest BCUT2D eigenvalue weighted by Crippen LogP contribution is 2.29. The molecule has 1 aromatic heterocycles. The molecule has 192 valence electrons. The third kappa shape index (κ3) is 6.95. The van der Waals surface area contributed by atoms with Gasteiger partial charge in [0.2, 0.25) is 0 Å². The number of nitrogens with zero attached hydrogens (tertiary/aromatic N) is 3. The van der Waals surface area contributed by atoms with E-state index in [0.717, 1.165) is 51.4 Å². The van der Waals surface area contributed by atoms with Crippen LogP contribution in [-0.4, -0.2) is 66.1 Å². The molecular formula is C27H35N5O3S. The van der Waals surface area contributed by atoms with Crippen LogP contribution in [0.2, 0.25) is 0 Å². The Hall–Kier alpha value is -3.17. The molecule has 0 aliphatic carbocycles. The average molecular weight is 516 g/mol. The van der Waals surface area contributed by atoms with Gasteiger partial charge in [-0.3, -0.25) is 15.0 Å². The van der Waals surface area contributed by atoms with Gasteiger partial charge in [-0.2, -0.15) is 4.37 Å². The van der Waals surface area contributed by atoms with E-state index in [1.54, 1.807) is 56.6 Å². The number of hydrogen-bond donors (Lipinski definition) is 2. The number of hydrogen-bond acceptors (Lipinski definition) is 7. The molecule has 0 unspecified atom stereocenters. The molecule has 0 spiro atoms. The lowest BCUT2D eigenvalue weighted by atomic mass is 10.2. The number of nitrogens with one attached hydrogen (secondary N) is 2. The van der Waals surface area contributed by atoms with Gasteiger partial charge in [-0.25, -0.2) is 4.79 Å². The Kier molecular flexibility index (Phi) is 8.43. The van der Waals surface area contributed by atoms with Crippen LogP contribution in [0.4, 0.5) is 16.3 Å². The zero-order chi connectivity index (χ0) is 25.5. The largest absolute Gasteiger partial charge is 0.444 e. The number of para-hydroxylation sites is 1. The maximum Gasteiger partial charge on any atom is 0.412 e. The highest BCUT2D eigenvalue weighted by molar-refractivity contribution is 7.13. The average Bonchev–Trinajstić information content (AvgIpc) is 3.27. The van der Waals surface area contributed by atoms with E-state index in [9.17, 15) is 9.59 Å². The number of aromatic nitrogens is 1. The van der Waals surface area contributed by atoms with E-state index >= 15 is 0 Å². The van der Waals surface area contributed by atoms with Crippen molar-refractivity contribution < 1.29 is 14.3 Å². The van der Waals surface area contributed by atoms with Gasteiger partial charge in [-0.05, 0) is 76.0 Å². The molecule has 8 nitrogen and oxygen atoms in total. The van der Waals surface area contributed by atoms with Crippen LogP contribution in [0.15, 0.2) is 48.5 Å². The summed E-state index contributed by atoms with van der Waals surface area (Å²) >= 11 is 1.57. The topological polar surface area (TPSA) is 86.8 Å². The van der Waals surface area contributed by atoms with E-state index in [1.165, 1.54) is 10.1 Å². The first-order valence-corrected chi connectivity index (χ1v) is 13.3. The van der Waals surface area contributed by atoms with Crippen molar-refractivity contribution in [3.63, 3.8) is 0 Å². The summed E-state index contributed by atoms with van der Waals surface area (Å²) < 4.78 is 11.2. The monoisotopic (exact) mass is 515 g/mol. The number of anilines is 2. The minimum absolute atomic E-state index is 0.203. The van der Waals surface area contributed by atoms with E-state index in [-0.39, 0.29) is 5.91 Å². The Bertz CT molecular complexity index is 1180. The van der Waals surface area contributed by atoms with Gasteiger partial charge in [0.1, 0.15) is 11.4 Å². The summed E-state index contributed by atoms with van der Waals surface area (Å²) in [5.41, 5.74) is 0.257. The maximum atomic E-state index is 12.7. The standard InChI is InChI=1S/C27H35N5O3S/c1-27(2,3)35-26(34)29-22-12-6-4-10-20(22)25(33)28-14-8-9-15-31-16-18-32(19-17-31)24-21-11-5-7-13-23(21)36-30-24/h4-7,10-13H,8-9,14-19H2,1-3H3,(H,28,33)(H,29,34)/i4+1,6+1,10+1,12+1,20+1,22+1. The zero-order valence-electron chi connectivity index (χ0n) is 21.3. The quantitative estimate of drug-likeness (QED) is 0.412. The zero-order valence-corrected chi connectivity index (χ0v) is 22.1. The molecule has 2 aromatic carbocycles. The molecule has 0 bridgehead atoms. The Morgan fingerprint density at radius 1 is 1.00 bits per heavy atom. The lowest BCUT2D eigenvalue weighted by Gasteiger charge is -2.35. The van der Waals surface area contributed by atoms with Crippen molar-refractivity contribution in [2.45, 2.75) is 39.2 Å². The van der Waals surface area contributed by atoms with Crippen molar-refractivity contribution in [1.29, 1.82) is 0 Å². The maximum absolute atomic E-state index is 12.7. The van der Waals surface area contributed by atoms with Gasteiger partial charge in [-0.15, -0.1) is 0 Å². The Morgan fingerprint density at radius 2 is 1.72 bits per heavy atom. The summed E-state index contributed by atoms with van der Waals surface area (Å²) in [7, 11) is 0. The fourth-order valence-corrected chi connectivity index (χ4v) is 5.04. The smallest absolute Gasteiger partial charge is 0.412 e. The summed E-state index contributed by atoms with van der Waals surface area (Å²) in [5.74, 6) is 0.908. The molecule has 0 saturated carbocycles. The van der Waals surface area contributed by atoms with E-state index in [4.69, 9.17) is 4.74 Å². The fourth-order valence-electron chi connectivity index (χ4n) is 4.25. The third-order valence-corrected chi connectivity index (χ3v) is 6.84. The molecule has 1 saturated heterocycles. The molecular weight excluding hydrogens is 480 g/mol. The lowest BCUT2D eigenvalue weighted by Crippen LogP contribution is -2.46. The van der Waals surface area contributed by atoms with Crippen molar-refractivity contribution in [3.05, 3.63) is 54.1 Å². The van der Waals surface area contributed by atoms with Gasteiger partial charge in [0.25, 0.3) is 5.91 Å². The first kappa shape index (κ1) is 25.9. The predicted molar refractivity (Wildman–Crippen MR) is 146 cm³/mol. The summed E-state index contributed by atoms with van der Waals surface area (Å²) in [4.78, 5) is 29.7. The van der Waals surface area contributed by atoms with Crippen LogP contribution in [0.25, 0.3) is 10.1 Å². The summed E-state index contributed by atoms with van der Waals surface area (Å²) in [6.07, 6.45) is 1.33. The molecule has 3 aromatic rings. The van der Waals surface area contributed by atoms with Gasteiger partial charge in [-0.1, -0.05) is 24.3 Å². The van der Waals surface area contributed by atoms with E-state index < -0.39 is 11.7 Å². The van der Waals surface area contributed by atoms with Crippen molar-refractivity contribution in [2.75, 3.05) is 49.5 Å². The van der Waals surface area contributed by atoms with Crippen LogP contribution in [-0.2, 0) is 4.74 Å². The minimum Gasteiger partial charge on any atom is -0.444 e. The Balaban J connectivity index is 1.17. The van der Waals surface area contributed by atoms with Crippen molar-refractivity contribution in [2.24, 2.45) is 0 Å². The molecule has 1 fully saturated rings. The second-order valence-electron chi connectivity index (χ2n) is 9.97. The minimum atomic E-state index is -0.608. The molecule has 4 rings (SSSR count). The van der Waals surface area contributed by atoms with Gasteiger partial charge in [0, 0.05) is 38.1 Å². The molecule has 2 heterocycles. The number of amides is 2. The number of carbonyl (C=O) groups excluding carboxylic acids is 2. The normalized spacial score (nSPS) is 14.6. The van der Waals surface area contributed by atoms with Crippen LogP contribution >= 0.6 is 11.5 Å². The number of ether oxygens (including phenoxy) is 1. The SMILES string of the molecule is CC(C)(C)OC(=O)N[13c]1[13cH][13cH][13cH][13cH][13c]1C(=O)NCCCCN1CCN(c2nsc3ccccc23)CC1. The van der Waals surface area contributed by atoms with Gasteiger partial charge in [0.15, 0.2) is 0 Å². The van der Waals surface area contributed by atoms with Crippen LogP contribution in [0.3, 0.4) is 0 Å². The van der Waals surface area contributed by atoms with Gasteiger partial charge in [0.05, 0.1) is 16.0 Å². The van der Waals surface area contributed by atoms with Crippen LogP contribution in [0.1, 0.15) is 44.0 Å². The van der Waals surface area contributed by atoms with E-state index in [1.807, 2.05) is 0 Å². The van der Waals surface area contributed by atoms with Crippen LogP contribution < -0.4 is 15.5 Å². The van der Waals surface area contributed by atoms with E-state index in [0.29, 0.717) is 17.8 Å². The predicted octanol–water partition coefficient (Wildman–Crippen LogP) is 4.98. The van der Waals surface area contributed by atoms with Crippen molar-refractivity contribution in [1.82, 2.24) is 14.6 Å². The molecule has 36 heavy (non-hydrogen) atoms. The fraction of sp³-hybridized carbons (Fsp3) is 0.444. The second-order valence-corrected chi connectivity index (χ2v) is 10.8. The van der Waals surface area contributed by atoms with Crippen molar-refractivity contribution in [3.8, 4) is 0 Å². The van der Waals surface area contributed by atoms with Crippen LogP contribution in [0.5, 0.6) is 0 Å². The van der Waals surface area contributed by atoms with Crippen LogP contribution in [0, 0.1) is 0 Å². The number of fused-ring (bicyclic) bond motifs is 1. The van der Waals surface area contributed by atoms with Gasteiger partial charge < -0.3 is 15.0 Å². The molecule has 0 radical (unpaired) electrons. The summed E-state index contributed by atoms with van der Waals surface area (Å²) in [6.45, 7) is 11.0. The molecule has 2 N–H and O–H groups in total. The molecule has 0 atom stereocenters. The van der Waals surface area contributed by atoms with Crippen molar-refractivity contribution >= 4 is 45.1 Å².